The fourth-order valence-corrected chi connectivity index (χ4v) is 6.56. The van der Waals surface area contributed by atoms with E-state index in [4.69, 9.17) is 0 Å². The van der Waals surface area contributed by atoms with Crippen molar-refractivity contribution in [3.8, 4) is 11.1 Å². The van der Waals surface area contributed by atoms with E-state index >= 15 is 0 Å². The minimum Gasteiger partial charge on any atom is -0.395 e. The first-order chi connectivity index (χ1) is 17.5. The van der Waals surface area contributed by atoms with Gasteiger partial charge in [-0.15, -0.1) is 0 Å². The van der Waals surface area contributed by atoms with Gasteiger partial charge in [-0.1, -0.05) is 49.2 Å². The van der Waals surface area contributed by atoms with Crippen LogP contribution in [0.5, 0.6) is 0 Å². The summed E-state index contributed by atoms with van der Waals surface area (Å²) in [5.41, 5.74) is 3.98. The molecule has 0 spiro atoms. The predicted molar refractivity (Wildman–Crippen MR) is 142 cm³/mol. The zero-order valence-corrected chi connectivity index (χ0v) is 21.6. The van der Waals surface area contributed by atoms with Crippen LogP contribution in [0.15, 0.2) is 48.5 Å². The lowest BCUT2D eigenvalue weighted by atomic mass is 9.74. The molecular formula is C30H39N3O3. The Labute approximate surface area is 214 Å². The van der Waals surface area contributed by atoms with Gasteiger partial charge in [-0.3, -0.25) is 14.5 Å². The van der Waals surface area contributed by atoms with Gasteiger partial charge in [-0.05, 0) is 61.1 Å². The number of carbonyl (C=O) groups excluding carboxylic acids is 2. The fraction of sp³-hybridized carbons (Fsp3) is 0.533. The van der Waals surface area contributed by atoms with Crippen LogP contribution in [-0.2, 0) is 4.79 Å². The third-order valence-electron chi connectivity index (χ3n) is 8.53. The van der Waals surface area contributed by atoms with Crippen molar-refractivity contribution in [2.45, 2.75) is 56.5 Å². The van der Waals surface area contributed by atoms with Crippen LogP contribution >= 0.6 is 0 Å². The van der Waals surface area contributed by atoms with E-state index in [1.54, 1.807) is 19.0 Å². The molecular weight excluding hydrogens is 450 g/mol. The third-order valence-corrected chi connectivity index (χ3v) is 8.53. The van der Waals surface area contributed by atoms with E-state index in [1.807, 2.05) is 24.3 Å². The Morgan fingerprint density at radius 3 is 2.36 bits per heavy atom. The molecule has 2 heterocycles. The molecule has 6 heteroatoms. The van der Waals surface area contributed by atoms with Crippen molar-refractivity contribution in [2.24, 2.45) is 5.92 Å². The number of rotatable bonds is 5. The summed E-state index contributed by atoms with van der Waals surface area (Å²) in [6.45, 7) is 2.74. The SMILES string of the molecule is CN(C)C(=O)c1cccc(-c2ccc([C@@H]3[C@H](CO)N4CCCCN(C(=O)C5CCCC5)C[C@@H]34)cc2)c1. The van der Waals surface area contributed by atoms with Gasteiger partial charge in [-0.25, -0.2) is 0 Å². The van der Waals surface area contributed by atoms with Crippen molar-refractivity contribution in [3.05, 3.63) is 59.7 Å². The van der Waals surface area contributed by atoms with Crippen molar-refractivity contribution < 1.29 is 14.7 Å². The van der Waals surface area contributed by atoms with Crippen molar-refractivity contribution in [1.29, 1.82) is 0 Å². The second kappa shape index (κ2) is 10.7. The van der Waals surface area contributed by atoms with E-state index in [2.05, 4.69) is 34.1 Å². The Bertz CT molecular complexity index is 1080. The lowest BCUT2D eigenvalue weighted by Crippen LogP contribution is -2.68. The Balaban J connectivity index is 1.36. The van der Waals surface area contributed by atoms with E-state index in [-0.39, 0.29) is 36.4 Å². The quantitative estimate of drug-likeness (QED) is 0.690. The van der Waals surface area contributed by atoms with Crippen LogP contribution < -0.4 is 0 Å². The molecule has 2 saturated heterocycles. The lowest BCUT2D eigenvalue weighted by molar-refractivity contribution is -0.140. The fourth-order valence-electron chi connectivity index (χ4n) is 6.56. The molecule has 36 heavy (non-hydrogen) atoms. The molecule has 2 aliphatic heterocycles. The molecule has 6 nitrogen and oxygen atoms in total. The number of hydrogen-bond acceptors (Lipinski definition) is 4. The van der Waals surface area contributed by atoms with Crippen LogP contribution in [0.2, 0.25) is 0 Å². The molecule has 0 aromatic heterocycles. The number of benzene rings is 2. The van der Waals surface area contributed by atoms with Gasteiger partial charge in [0.1, 0.15) is 0 Å². The van der Waals surface area contributed by atoms with Gasteiger partial charge in [-0.2, -0.15) is 0 Å². The monoisotopic (exact) mass is 489 g/mol. The molecule has 192 valence electrons. The Kier molecular flexibility index (Phi) is 7.44. The van der Waals surface area contributed by atoms with Crippen molar-refractivity contribution >= 4 is 11.8 Å². The predicted octanol–water partition coefficient (Wildman–Crippen LogP) is 4.00. The smallest absolute Gasteiger partial charge is 0.253 e. The molecule has 2 aromatic rings. The molecule has 0 bridgehead atoms. The highest BCUT2D eigenvalue weighted by Gasteiger charge is 2.49. The van der Waals surface area contributed by atoms with Gasteiger partial charge in [0.15, 0.2) is 0 Å². The largest absolute Gasteiger partial charge is 0.395 e. The van der Waals surface area contributed by atoms with E-state index in [1.165, 1.54) is 18.4 Å². The topological polar surface area (TPSA) is 64.1 Å². The summed E-state index contributed by atoms with van der Waals surface area (Å²) in [7, 11) is 3.53. The van der Waals surface area contributed by atoms with E-state index in [0.29, 0.717) is 11.5 Å². The average molecular weight is 490 g/mol. The summed E-state index contributed by atoms with van der Waals surface area (Å²) in [6, 6.07) is 16.7. The lowest BCUT2D eigenvalue weighted by Gasteiger charge is -2.57. The van der Waals surface area contributed by atoms with Gasteiger partial charge >= 0.3 is 0 Å². The zero-order valence-electron chi connectivity index (χ0n) is 21.6. The van der Waals surface area contributed by atoms with Crippen LogP contribution in [0, 0.1) is 5.92 Å². The van der Waals surface area contributed by atoms with Crippen molar-refractivity contribution in [3.63, 3.8) is 0 Å². The van der Waals surface area contributed by atoms with Gasteiger partial charge in [0.25, 0.3) is 5.91 Å². The molecule has 2 aromatic carbocycles. The molecule has 1 N–H and O–H groups in total. The second-order valence-electron chi connectivity index (χ2n) is 11.0. The van der Waals surface area contributed by atoms with Crippen LogP contribution in [0.3, 0.4) is 0 Å². The summed E-state index contributed by atoms with van der Waals surface area (Å²) < 4.78 is 0. The molecule has 3 atom stereocenters. The highest BCUT2D eigenvalue weighted by atomic mass is 16.3. The van der Waals surface area contributed by atoms with Crippen LogP contribution in [0.1, 0.15) is 60.4 Å². The molecule has 1 aliphatic carbocycles. The summed E-state index contributed by atoms with van der Waals surface area (Å²) in [6.07, 6.45) is 6.52. The Morgan fingerprint density at radius 1 is 0.944 bits per heavy atom. The number of fused-ring (bicyclic) bond motifs is 1. The summed E-state index contributed by atoms with van der Waals surface area (Å²) in [4.78, 5) is 31.8. The number of amides is 2. The number of aliphatic hydroxyl groups excluding tert-OH is 1. The molecule has 5 rings (SSSR count). The van der Waals surface area contributed by atoms with Gasteiger partial charge in [0.2, 0.25) is 5.91 Å². The van der Waals surface area contributed by atoms with E-state index < -0.39 is 0 Å². The molecule has 0 unspecified atom stereocenters. The Hall–Kier alpha value is -2.70. The van der Waals surface area contributed by atoms with E-state index in [9.17, 15) is 14.7 Å². The van der Waals surface area contributed by atoms with Crippen molar-refractivity contribution in [2.75, 3.05) is 40.3 Å². The molecule has 1 saturated carbocycles. The van der Waals surface area contributed by atoms with Crippen LogP contribution in [-0.4, -0.2) is 84.0 Å². The summed E-state index contributed by atoms with van der Waals surface area (Å²) >= 11 is 0. The maximum atomic E-state index is 13.3. The number of aliphatic hydroxyl groups is 1. The first-order valence-electron chi connectivity index (χ1n) is 13.6. The van der Waals surface area contributed by atoms with Crippen molar-refractivity contribution in [1.82, 2.24) is 14.7 Å². The minimum atomic E-state index is -0.00481. The zero-order chi connectivity index (χ0) is 25.2. The highest BCUT2D eigenvalue weighted by Crippen LogP contribution is 2.42. The maximum absolute atomic E-state index is 13.3. The average Bonchev–Trinajstić information content (AvgIpc) is 3.42. The van der Waals surface area contributed by atoms with Gasteiger partial charge < -0.3 is 14.9 Å². The van der Waals surface area contributed by atoms with Crippen LogP contribution in [0.4, 0.5) is 0 Å². The standard InChI is InChI=1S/C30H39N3O3/c1-31(2)29(35)25-11-7-10-24(18-25)21-12-14-22(15-13-21)28-26-19-32(30(36)23-8-3-4-9-23)16-5-6-17-33(26)27(28)20-34/h7,10-15,18,23,26-28,34H,3-6,8-9,16-17,19-20H2,1-2H3/t26-,27-,28-/m0/s1. The first-order valence-corrected chi connectivity index (χ1v) is 13.6. The molecule has 3 fully saturated rings. The van der Waals surface area contributed by atoms with Gasteiger partial charge in [0, 0.05) is 56.7 Å². The highest BCUT2D eigenvalue weighted by molar-refractivity contribution is 5.95. The minimum absolute atomic E-state index is 0.00481. The number of nitrogens with zero attached hydrogens (tertiary/aromatic N) is 3. The summed E-state index contributed by atoms with van der Waals surface area (Å²) in [5.74, 6) is 0.764. The second-order valence-corrected chi connectivity index (χ2v) is 11.0. The van der Waals surface area contributed by atoms with Crippen LogP contribution in [0.25, 0.3) is 11.1 Å². The molecule has 0 radical (unpaired) electrons. The normalized spacial score (nSPS) is 25.0. The molecule has 3 aliphatic rings. The first kappa shape index (κ1) is 25.0. The number of hydrogen-bond donors (Lipinski definition) is 1. The molecule has 2 amide bonds. The van der Waals surface area contributed by atoms with E-state index in [0.717, 1.165) is 56.4 Å². The Morgan fingerprint density at radius 2 is 1.67 bits per heavy atom. The maximum Gasteiger partial charge on any atom is 0.253 e. The summed E-state index contributed by atoms with van der Waals surface area (Å²) in [5, 5.41) is 10.3. The van der Waals surface area contributed by atoms with Gasteiger partial charge in [0.05, 0.1) is 6.61 Å². The third kappa shape index (κ3) is 4.81. The number of carbonyl (C=O) groups is 2.